The summed E-state index contributed by atoms with van der Waals surface area (Å²) in [6.45, 7) is 9.03. The van der Waals surface area contributed by atoms with Crippen molar-refractivity contribution in [2.75, 3.05) is 0 Å². The van der Waals surface area contributed by atoms with Crippen molar-refractivity contribution in [2.24, 2.45) is 11.8 Å². The van der Waals surface area contributed by atoms with Gasteiger partial charge < -0.3 is 0 Å². The molecule has 0 amide bonds. The molecule has 1 aromatic carbocycles. The van der Waals surface area contributed by atoms with Crippen LogP contribution in [-0.2, 0) is 6.42 Å². The van der Waals surface area contributed by atoms with Crippen molar-refractivity contribution < 1.29 is 0 Å². The molecule has 1 fully saturated rings. The average molecular weight is 376 g/mol. The van der Waals surface area contributed by atoms with Crippen LogP contribution in [0.1, 0.15) is 57.1 Å². The Morgan fingerprint density at radius 1 is 1.11 bits per heavy atom. The Morgan fingerprint density at radius 2 is 1.93 bits per heavy atom. The van der Waals surface area contributed by atoms with E-state index in [0.717, 1.165) is 23.5 Å². The lowest BCUT2D eigenvalue weighted by molar-refractivity contribution is 0.309. The molecule has 0 spiro atoms. The highest BCUT2D eigenvalue weighted by molar-refractivity contribution is 7.08. The smallest absolute Gasteiger partial charge is 0.0749 e. The minimum absolute atomic E-state index is 0.647. The molecule has 0 N–H and O–H groups in total. The molecule has 2 aromatic heterocycles. The zero-order valence-corrected chi connectivity index (χ0v) is 17.3. The Kier molecular flexibility index (Phi) is 5.45. The van der Waals surface area contributed by atoms with Crippen LogP contribution in [0.25, 0.3) is 27.7 Å². The topological polar surface area (TPSA) is 12.9 Å². The van der Waals surface area contributed by atoms with E-state index in [1.165, 1.54) is 59.8 Å². The zero-order valence-electron chi connectivity index (χ0n) is 16.5. The second-order valence-electron chi connectivity index (χ2n) is 7.92. The van der Waals surface area contributed by atoms with Gasteiger partial charge in [0.1, 0.15) is 0 Å². The third kappa shape index (κ3) is 3.73. The third-order valence-electron chi connectivity index (χ3n) is 6.36. The van der Waals surface area contributed by atoms with Crippen LogP contribution in [0.15, 0.2) is 47.7 Å². The maximum atomic E-state index is 5.00. The number of thiophene rings is 1. The molecule has 1 saturated carbocycles. The van der Waals surface area contributed by atoms with E-state index in [2.05, 4.69) is 61.5 Å². The molecule has 4 rings (SSSR count). The monoisotopic (exact) mass is 375 g/mol. The Hall–Kier alpha value is -1.93. The van der Waals surface area contributed by atoms with Gasteiger partial charge in [-0.15, -0.1) is 0 Å². The van der Waals surface area contributed by atoms with Gasteiger partial charge in [-0.2, -0.15) is 11.3 Å². The van der Waals surface area contributed by atoms with Gasteiger partial charge in [-0.1, -0.05) is 32.9 Å². The van der Waals surface area contributed by atoms with Crippen LogP contribution >= 0.6 is 11.3 Å². The van der Waals surface area contributed by atoms with Crippen LogP contribution in [0, 0.1) is 11.8 Å². The van der Waals surface area contributed by atoms with Gasteiger partial charge in [-0.3, -0.25) is 0 Å². The van der Waals surface area contributed by atoms with Gasteiger partial charge in [0, 0.05) is 16.3 Å². The molecule has 0 bridgehead atoms. The van der Waals surface area contributed by atoms with Gasteiger partial charge in [0.25, 0.3) is 0 Å². The molecule has 1 aliphatic rings. The van der Waals surface area contributed by atoms with Crippen molar-refractivity contribution >= 4 is 27.8 Å². The molecule has 0 saturated heterocycles. The maximum absolute atomic E-state index is 5.00. The van der Waals surface area contributed by atoms with Crippen LogP contribution in [0.2, 0.25) is 0 Å². The normalized spacial score (nSPS) is 20.1. The molecular formula is C25H29NS. The van der Waals surface area contributed by atoms with Gasteiger partial charge in [-0.25, -0.2) is 4.98 Å². The van der Waals surface area contributed by atoms with E-state index in [9.17, 15) is 0 Å². The highest BCUT2D eigenvalue weighted by atomic mass is 32.1. The SMILES string of the molecule is C=C(c1ccc2nc(-c3ccsc3)c(CC)cc2c1)C1CCC(CC)CC1. The molecule has 0 atom stereocenters. The Morgan fingerprint density at radius 3 is 2.59 bits per heavy atom. The number of pyridine rings is 1. The average Bonchev–Trinajstić information content (AvgIpc) is 3.26. The van der Waals surface area contributed by atoms with Gasteiger partial charge in [0.15, 0.2) is 0 Å². The number of rotatable bonds is 5. The van der Waals surface area contributed by atoms with Crippen LogP contribution in [0.3, 0.4) is 0 Å². The zero-order chi connectivity index (χ0) is 18.8. The van der Waals surface area contributed by atoms with Crippen molar-refractivity contribution in [3.05, 3.63) is 58.8 Å². The number of allylic oxidation sites excluding steroid dienone is 1. The van der Waals surface area contributed by atoms with E-state index in [1.807, 2.05) is 0 Å². The summed E-state index contributed by atoms with van der Waals surface area (Å²) in [6.07, 6.45) is 7.64. The summed E-state index contributed by atoms with van der Waals surface area (Å²) in [7, 11) is 0. The molecule has 1 aliphatic carbocycles. The maximum Gasteiger partial charge on any atom is 0.0749 e. The first-order valence-electron chi connectivity index (χ1n) is 10.3. The van der Waals surface area contributed by atoms with Crippen LogP contribution in [0.5, 0.6) is 0 Å². The molecule has 2 heteroatoms. The standard InChI is InChI=1S/C25H29NS/c1-4-18-6-8-20(9-7-18)17(3)21-10-11-24-23(15-21)14-19(5-2)25(26-24)22-12-13-27-16-22/h10-16,18,20H,3-9H2,1-2H3. The van der Waals surface area contributed by atoms with Gasteiger partial charge >= 0.3 is 0 Å². The first-order valence-corrected chi connectivity index (χ1v) is 11.3. The fraction of sp³-hybridized carbons (Fsp3) is 0.400. The first-order chi connectivity index (χ1) is 13.2. The first kappa shape index (κ1) is 18.4. The predicted molar refractivity (Wildman–Crippen MR) is 119 cm³/mol. The molecular weight excluding hydrogens is 346 g/mol. The second-order valence-corrected chi connectivity index (χ2v) is 8.70. The summed E-state index contributed by atoms with van der Waals surface area (Å²) >= 11 is 1.73. The number of aromatic nitrogens is 1. The van der Waals surface area contributed by atoms with Crippen LogP contribution < -0.4 is 0 Å². The number of benzene rings is 1. The second kappa shape index (κ2) is 7.98. The van der Waals surface area contributed by atoms with Gasteiger partial charge in [0.2, 0.25) is 0 Å². The van der Waals surface area contributed by atoms with Crippen molar-refractivity contribution in [2.45, 2.75) is 52.4 Å². The molecule has 0 unspecified atom stereocenters. The van der Waals surface area contributed by atoms with Crippen LogP contribution in [-0.4, -0.2) is 4.98 Å². The predicted octanol–water partition coefficient (Wildman–Crippen LogP) is 7.76. The molecule has 140 valence electrons. The fourth-order valence-electron chi connectivity index (χ4n) is 4.49. The largest absolute Gasteiger partial charge is 0.247 e. The van der Waals surface area contributed by atoms with Crippen molar-refractivity contribution in [3.63, 3.8) is 0 Å². The lowest BCUT2D eigenvalue weighted by Crippen LogP contribution is -2.14. The quantitative estimate of drug-likeness (QED) is 0.444. The minimum Gasteiger partial charge on any atom is -0.247 e. The highest BCUT2D eigenvalue weighted by Crippen LogP contribution is 2.38. The lowest BCUT2D eigenvalue weighted by atomic mass is 9.76. The lowest BCUT2D eigenvalue weighted by Gasteiger charge is -2.29. The molecule has 27 heavy (non-hydrogen) atoms. The van der Waals surface area contributed by atoms with Gasteiger partial charge in [-0.05, 0) is 90.3 Å². The minimum atomic E-state index is 0.647. The van der Waals surface area contributed by atoms with Gasteiger partial charge in [0.05, 0.1) is 11.2 Å². The summed E-state index contributed by atoms with van der Waals surface area (Å²) in [5.41, 5.74) is 7.41. The summed E-state index contributed by atoms with van der Waals surface area (Å²) in [4.78, 5) is 5.00. The van der Waals surface area contributed by atoms with Crippen molar-refractivity contribution in [1.82, 2.24) is 4.98 Å². The third-order valence-corrected chi connectivity index (χ3v) is 7.04. The number of fused-ring (bicyclic) bond motifs is 1. The molecule has 0 aliphatic heterocycles. The summed E-state index contributed by atoms with van der Waals surface area (Å²) in [6, 6.07) is 11.2. The fourth-order valence-corrected chi connectivity index (χ4v) is 5.13. The van der Waals surface area contributed by atoms with Crippen molar-refractivity contribution in [1.29, 1.82) is 0 Å². The number of aryl methyl sites for hydroxylation is 1. The summed E-state index contributed by atoms with van der Waals surface area (Å²) in [5.74, 6) is 1.58. The molecule has 0 radical (unpaired) electrons. The number of hydrogen-bond acceptors (Lipinski definition) is 2. The Bertz CT molecular complexity index is 930. The van der Waals surface area contributed by atoms with Crippen LogP contribution in [0.4, 0.5) is 0 Å². The van der Waals surface area contributed by atoms with E-state index in [1.54, 1.807) is 11.3 Å². The van der Waals surface area contributed by atoms with E-state index >= 15 is 0 Å². The molecule has 1 nitrogen and oxygen atoms in total. The number of nitrogens with zero attached hydrogens (tertiary/aromatic N) is 1. The Labute approximate surface area is 167 Å². The van der Waals surface area contributed by atoms with E-state index in [0.29, 0.717) is 5.92 Å². The molecule has 3 aromatic rings. The highest BCUT2D eigenvalue weighted by Gasteiger charge is 2.22. The van der Waals surface area contributed by atoms with E-state index in [-0.39, 0.29) is 0 Å². The molecule has 2 heterocycles. The van der Waals surface area contributed by atoms with E-state index < -0.39 is 0 Å². The van der Waals surface area contributed by atoms with E-state index in [4.69, 9.17) is 4.98 Å². The Balaban J connectivity index is 1.64. The summed E-state index contributed by atoms with van der Waals surface area (Å²) in [5, 5.41) is 5.56. The number of hydrogen-bond donors (Lipinski definition) is 0. The summed E-state index contributed by atoms with van der Waals surface area (Å²) < 4.78 is 0. The van der Waals surface area contributed by atoms with Crippen molar-refractivity contribution in [3.8, 4) is 11.3 Å².